The van der Waals surface area contributed by atoms with E-state index in [0.29, 0.717) is 24.7 Å². The van der Waals surface area contributed by atoms with Gasteiger partial charge in [-0.15, -0.1) is 0 Å². The fourth-order valence-electron chi connectivity index (χ4n) is 3.44. The Hall–Kier alpha value is -2.99. The maximum absolute atomic E-state index is 12.4. The van der Waals surface area contributed by atoms with E-state index < -0.39 is 0 Å². The minimum absolute atomic E-state index is 0.00768. The molecule has 0 saturated carbocycles. The SMILES string of the molecule is Cc1cc(C)c(NC(=O)CN(C)CCCc2nc(-c3ccccc3)no2)c(C)c1. The van der Waals surface area contributed by atoms with Crippen molar-refractivity contribution in [3.05, 3.63) is 65.0 Å². The number of rotatable bonds is 8. The highest BCUT2D eigenvalue weighted by molar-refractivity contribution is 5.93. The molecule has 1 aromatic heterocycles. The van der Waals surface area contributed by atoms with Crippen LogP contribution in [0.15, 0.2) is 47.0 Å². The molecule has 1 amide bonds. The second-order valence-electron chi connectivity index (χ2n) is 7.54. The number of anilines is 1. The van der Waals surface area contributed by atoms with Crippen molar-refractivity contribution in [2.45, 2.75) is 33.6 Å². The molecule has 0 aliphatic carbocycles. The first-order valence-corrected chi connectivity index (χ1v) is 9.86. The molecule has 1 heterocycles. The van der Waals surface area contributed by atoms with Crippen molar-refractivity contribution in [1.82, 2.24) is 15.0 Å². The molecule has 6 heteroatoms. The molecule has 0 spiro atoms. The van der Waals surface area contributed by atoms with Gasteiger partial charge in [0.1, 0.15) is 0 Å². The Labute approximate surface area is 171 Å². The zero-order valence-electron chi connectivity index (χ0n) is 17.5. The molecule has 29 heavy (non-hydrogen) atoms. The summed E-state index contributed by atoms with van der Waals surface area (Å²) in [6.07, 6.45) is 1.52. The lowest BCUT2D eigenvalue weighted by molar-refractivity contribution is -0.117. The van der Waals surface area contributed by atoms with Gasteiger partial charge in [0.15, 0.2) is 0 Å². The summed E-state index contributed by atoms with van der Waals surface area (Å²) in [7, 11) is 1.94. The van der Waals surface area contributed by atoms with Gasteiger partial charge in [0, 0.05) is 17.7 Å². The van der Waals surface area contributed by atoms with Crippen LogP contribution in [0.1, 0.15) is 29.0 Å². The molecule has 6 nitrogen and oxygen atoms in total. The van der Waals surface area contributed by atoms with Gasteiger partial charge in [0.05, 0.1) is 6.54 Å². The average molecular weight is 393 g/mol. The van der Waals surface area contributed by atoms with Crippen LogP contribution in [0.4, 0.5) is 5.69 Å². The predicted molar refractivity (Wildman–Crippen MR) is 115 cm³/mol. The molecular weight excluding hydrogens is 364 g/mol. The molecule has 0 aliphatic heterocycles. The van der Waals surface area contributed by atoms with Crippen molar-refractivity contribution in [2.24, 2.45) is 0 Å². The topological polar surface area (TPSA) is 71.3 Å². The molecule has 3 rings (SSSR count). The standard InChI is InChI=1S/C23H28N4O2/c1-16-13-17(2)22(18(3)14-16)24-20(28)15-27(4)12-8-11-21-25-23(26-29-21)19-9-6-5-7-10-19/h5-7,9-10,13-14H,8,11-12,15H2,1-4H3,(H,24,28). The van der Waals surface area contributed by atoms with Gasteiger partial charge in [-0.05, 0) is 51.9 Å². The number of aryl methyl sites for hydroxylation is 4. The molecule has 0 saturated heterocycles. The molecule has 1 N–H and O–H groups in total. The Bertz CT molecular complexity index is 943. The molecule has 0 fully saturated rings. The first-order chi connectivity index (χ1) is 13.9. The van der Waals surface area contributed by atoms with Gasteiger partial charge in [-0.25, -0.2) is 0 Å². The number of likely N-dealkylation sites (N-methyl/N-ethyl adjacent to an activating group) is 1. The fourth-order valence-corrected chi connectivity index (χ4v) is 3.44. The van der Waals surface area contributed by atoms with Crippen LogP contribution in [0.5, 0.6) is 0 Å². The van der Waals surface area contributed by atoms with Crippen LogP contribution in [-0.2, 0) is 11.2 Å². The van der Waals surface area contributed by atoms with Crippen LogP contribution in [-0.4, -0.2) is 41.1 Å². The van der Waals surface area contributed by atoms with E-state index in [1.54, 1.807) is 0 Å². The normalized spacial score (nSPS) is 11.1. The summed E-state index contributed by atoms with van der Waals surface area (Å²) in [5, 5.41) is 7.08. The number of nitrogens with one attached hydrogen (secondary N) is 1. The highest BCUT2D eigenvalue weighted by Crippen LogP contribution is 2.21. The Kier molecular flexibility index (Phi) is 6.77. The van der Waals surface area contributed by atoms with Crippen molar-refractivity contribution in [3.63, 3.8) is 0 Å². The summed E-state index contributed by atoms with van der Waals surface area (Å²) in [5.41, 5.74) is 5.23. The van der Waals surface area contributed by atoms with Gasteiger partial charge in [0.2, 0.25) is 17.6 Å². The number of nitrogens with zero attached hydrogens (tertiary/aromatic N) is 3. The second-order valence-corrected chi connectivity index (χ2v) is 7.54. The predicted octanol–water partition coefficient (Wildman–Crippen LogP) is 4.16. The van der Waals surface area contributed by atoms with Crippen molar-refractivity contribution in [3.8, 4) is 11.4 Å². The van der Waals surface area contributed by atoms with Crippen LogP contribution < -0.4 is 5.32 Å². The Morgan fingerprint density at radius 2 is 1.79 bits per heavy atom. The Morgan fingerprint density at radius 3 is 2.48 bits per heavy atom. The third-order valence-corrected chi connectivity index (χ3v) is 4.79. The quantitative estimate of drug-likeness (QED) is 0.623. The fraction of sp³-hybridized carbons (Fsp3) is 0.348. The molecule has 3 aromatic rings. The summed E-state index contributed by atoms with van der Waals surface area (Å²) >= 11 is 0. The number of benzene rings is 2. The lowest BCUT2D eigenvalue weighted by atomic mass is 10.1. The molecule has 0 atom stereocenters. The van der Waals surface area contributed by atoms with Crippen molar-refractivity contribution >= 4 is 11.6 Å². The van der Waals surface area contributed by atoms with Gasteiger partial charge < -0.3 is 9.84 Å². The van der Waals surface area contributed by atoms with Crippen LogP contribution in [0.2, 0.25) is 0 Å². The van der Waals surface area contributed by atoms with E-state index in [-0.39, 0.29) is 5.91 Å². The molecule has 152 valence electrons. The molecule has 0 unspecified atom stereocenters. The summed E-state index contributed by atoms with van der Waals surface area (Å²) in [6, 6.07) is 13.9. The van der Waals surface area contributed by atoms with Crippen LogP contribution in [0.25, 0.3) is 11.4 Å². The third-order valence-electron chi connectivity index (χ3n) is 4.79. The lowest BCUT2D eigenvalue weighted by Gasteiger charge is -2.17. The van der Waals surface area contributed by atoms with Crippen molar-refractivity contribution in [1.29, 1.82) is 0 Å². The smallest absolute Gasteiger partial charge is 0.238 e. The van der Waals surface area contributed by atoms with Gasteiger partial charge in [-0.3, -0.25) is 9.69 Å². The number of hydrogen-bond donors (Lipinski definition) is 1. The van der Waals surface area contributed by atoms with Crippen LogP contribution in [0.3, 0.4) is 0 Å². The maximum atomic E-state index is 12.4. The number of aromatic nitrogens is 2. The molecule has 0 radical (unpaired) electrons. The van der Waals surface area contributed by atoms with Crippen LogP contribution in [0, 0.1) is 20.8 Å². The molecular formula is C23H28N4O2. The van der Waals surface area contributed by atoms with E-state index in [0.717, 1.165) is 35.3 Å². The molecule has 2 aromatic carbocycles. The summed E-state index contributed by atoms with van der Waals surface area (Å²) in [5.74, 6) is 1.22. The molecule has 0 bridgehead atoms. The number of amides is 1. The van der Waals surface area contributed by atoms with E-state index in [1.165, 1.54) is 5.56 Å². The first kappa shape index (κ1) is 20.7. The highest BCUT2D eigenvalue weighted by Gasteiger charge is 2.12. The largest absolute Gasteiger partial charge is 0.339 e. The monoisotopic (exact) mass is 392 g/mol. The average Bonchev–Trinajstić information content (AvgIpc) is 3.14. The van der Waals surface area contributed by atoms with Gasteiger partial charge in [0.25, 0.3) is 0 Å². The van der Waals surface area contributed by atoms with Crippen molar-refractivity contribution < 1.29 is 9.32 Å². The zero-order chi connectivity index (χ0) is 20.8. The second kappa shape index (κ2) is 9.47. The van der Waals surface area contributed by atoms with Crippen molar-refractivity contribution in [2.75, 3.05) is 25.5 Å². The van der Waals surface area contributed by atoms with E-state index in [4.69, 9.17) is 4.52 Å². The third kappa shape index (κ3) is 5.74. The minimum Gasteiger partial charge on any atom is -0.339 e. The maximum Gasteiger partial charge on any atom is 0.238 e. The number of carbonyl (C=O) groups excluding carboxylic acids is 1. The van der Waals surface area contributed by atoms with Crippen LogP contribution >= 0.6 is 0 Å². The summed E-state index contributed by atoms with van der Waals surface area (Å²) in [6.45, 7) is 7.21. The Balaban J connectivity index is 1.45. The Morgan fingerprint density at radius 1 is 1.10 bits per heavy atom. The summed E-state index contributed by atoms with van der Waals surface area (Å²) in [4.78, 5) is 18.9. The van der Waals surface area contributed by atoms with Gasteiger partial charge in [-0.1, -0.05) is 53.2 Å². The van der Waals surface area contributed by atoms with Gasteiger partial charge in [-0.2, -0.15) is 4.98 Å². The van der Waals surface area contributed by atoms with E-state index in [1.807, 2.05) is 56.1 Å². The summed E-state index contributed by atoms with van der Waals surface area (Å²) < 4.78 is 5.34. The minimum atomic E-state index is -0.00768. The number of carbonyl (C=O) groups is 1. The molecule has 0 aliphatic rings. The van der Waals surface area contributed by atoms with E-state index >= 15 is 0 Å². The van der Waals surface area contributed by atoms with E-state index in [2.05, 4.69) is 34.5 Å². The van der Waals surface area contributed by atoms with E-state index in [9.17, 15) is 4.79 Å². The van der Waals surface area contributed by atoms with Gasteiger partial charge >= 0.3 is 0 Å². The first-order valence-electron chi connectivity index (χ1n) is 9.86. The highest BCUT2D eigenvalue weighted by atomic mass is 16.5. The lowest BCUT2D eigenvalue weighted by Crippen LogP contribution is -2.31. The number of hydrogen-bond acceptors (Lipinski definition) is 5. The zero-order valence-corrected chi connectivity index (χ0v) is 17.5.